The maximum atomic E-state index is 12.6. The van der Waals surface area contributed by atoms with Gasteiger partial charge in [0.15, 0.2) is 6.73 Å². The summed E-state index contributed by atoms with van der Waals surface area (Å²) < 4.78 is 13.0. The summed E-state index contributed by atoms with van der Waals surface area (Å²) in [5.41, 5.74) is 1.50. The summed E-state index contributed by atoms with van der Waals surface area (Å²) in [7, 11) is 0. The Morgan fingerprint density at radius 2 is 1.68 bits per heavy atom. The first-order valence-corrected chi connectivity index (χ1v) is 15.5. The van der Waals surface area contributed by atoms with Crippen molar-refractivity contribution in [1.82, 2.24) is 9.47 Å². The molecule has 2 heterocycles. The number of carbonyl (C=O) groups is 1. The van der Waals surface area contributed by atoms with E-state index in [4.69, 9.17) is 32.7 Å². The van der Waals surface area contributed by atoms with Gasteiger partial charge in [-0.05, 0) is 61.5 Å². The van der Waals surface area contributed by atoms with E-state index in [1.165, 1.54) is 23.5 Å². The Morgan fingerprint density at radius 1 is 0.902 bits per heavy atom. The van der Waals surface area contributed by atoms with Crippen molar-refractivity contribution in [1.29, 1.82) is 0 Å². The quantitative estimate of drug-likeness (QED) is 0.136. The summed E-state index contributed by atoms with van der Waals surface area (Å²) in [6.07, 6.45) is 7.66. The Hall–Kier alpha value is -2.74. The Balaban J connectivity index is 1.20. The molecule has 9 heteroatoms. The van der Waals surface area contributed by atoms with Crippen LogP contribution in [0.2, 0.25) is 10.0 Å². The predicted molar refractivity (Wildman–Crippen MR) is 168 cm³/mol. The van der Waals surface area contributed by atoms with Crippen LogP contribution in [0.5, 0.6) is 5.75 Å². The summed E-state index contributed by atoms with van der Waals surface area (Å²) in [5, 5.41) is 2.11. The van der Waals surface area contributed by atoms with Crippen LogP contribution in [0, 0.1) is 0 Å². The number of pyridine rings is 1. The molecule has 0 atom stereocenters. The lowest BCUT2D eigenvalue weighted by Crippen LogP contribution is -2.46. The van der Waals surface area contributed by atoms with Crippen LogP contribution >= 0.6 is 23.2 Å². The molecule has 0 bridgehead atoms. The largest absolute Gasteiger partial charge is 0.494 e. The molecule has 0 spiro atoms. The Morgan fingerprint density at radius 3 is 2.49 bits per heavy atom. The Bertz CT molecular complexity index is 1340. The van der Waals surface area contributed by atoms with E-state index in [2.05, 4.69) is 16.7 Å². The first-order chi connectivity index (χ1) is 20.0. The number of piperazine rings is 1. The average Bonchev–Trinajstić information content (AvgIpc) is 2.98. The molecule has 1 aliphatic heterocycles. The topological polar surface area (TPSA) is 64.0 Å². The van der Waals surface area contributed by atoms with Gasteiger partial charge in [0.05, 0.1) is 27.9 Å². The highest BCUT2D eigenvalue weighted by molar-refractivity contribution is 6.43. The number of halogens is 2. The minimum Gasteiger partial charge on any atom is -0.494 e. The lowest BCUT2D eigenvalue weighted by atomic mass is 10.1. The number of rotatable bonds is 15. The van der Waals surface area contributed by atoms with Crippen molar-refractivity contribution in [3.05, 3.63) is 68.9 Å². The zero-order chi connectivity index (χ0) is 29.0. The van der Waals surface area contributed by atoms with Gasteiger partial charge in [-0.25, -0.2) is 0 Å². The third kappa shape index (κ3) is 9.12. The highest BCUT2D eigenvalue weighted by atomic mass is 35.5. The van der Waals surface area contributed by atoms with Gasteiger partial charge in [-0.3, -0.25) is 19.1 Å². The van der Waals surface area contributed by atoms with E-state index in [9.17, 15) is 9.59 Å². The van der Waals surface area contributed by atoms with Gasteiger partial charge in [0.1, 0.15) is 5.75 Å². The molecular weight excluding hydrogens is 561 g/mol. The highest BCUT2D eigenvalue weighted by Gasteiger charge is 2.19. The van der Waals surface area contributed by atoms with Crippen molar-refractivity contribution in [2.45, 2.75) is 65.0 Å². The van der Waals surface area contributed by atoms with Crippen LogP contribution in [0.3, 0.4) is 0 Å². The number of unbranched alkanes of at least 4 members (excludes halogenated alkanes) is 5. The number of nitrogens with zero attached hydrogens (tertiary/aromatic N) is 3. The van der Waals surface area contributed by atoms with Crippen molar-refractivity contribution < 1.29 is 14.3 Å². The fraction of sp³-hybridized carbons (Fsp3) is 0.500. The number of hydrogen-bond donors (Lipinski definition) is 0. The smallest absolute Gasteiger partial charge is 0.307 e. The molecule has 1 aromatic heterocycles. The van der Waals surface area contributed by atoms with Gasteiger partial charge < -0.3 is 14.4 Å². The lowest BCUT2D eigenvalue weighted by molar-refractivity contribution is -0.147. The van der Waals surface area contributed by atoms with Crippen LogP contribution in [-0.2, 0) is 16.3 Å². The van der Waals surface area contributed by atoms with E-state index in [1.54, 1.807) is 6.07 Å². The van der Waals surface area contributed by atoms with Crippen LogP contribution in [0.4, 0.5) is 5.69 Å². The van der Waals surface area contributed by atoms with E-state index >= 15 is 0 Å². The van der Waals surface area contributed by atoms with Crippen molar-refractivity contribution in [3.63, 3.8) is 0 Å². The standard InChI is InChI=1S/C32H41Cl2N3O4/c1-2-3-4-5-6-12-31(39)41-24-37-29-23-26(15-13-25(29)14-16-30(37)38)40-22-8-7-17-35-18-20-36(21-19-35)28-11-9-10-27(33)32(28)34/h9-11,13-16,23H,2-8,12,17-22,24H2,1H3. The minimum atomic E-state index is -0.271. The third-order valence-corrected chi connectivity index (χ3v) is 8.39. The number of ether oxygens (including phenoxy) is 2. The van der Waals surface area contributed by atoms with Gasteiger partial charge in [0.25, 0.3) is 5.56 Å². The van der Waals surface area contributed by atoms with Gasteiger partial charge in [-0.1, -0.05) is 61.9 Å². The molecule has 0 unspecified atom stereocenters. The molecular formula is C32H41Cl2N3O4. The van der Waals surface area contributed by atoms with Gasteiger partial charge in [-0.2, -0.15) is 0 Å². The molecule has 7 nitrogen and oxygen atoms in total. The lowest BCUT2D eigenvalue weighted by Gasteiger charge is -2.36. The molecule has 4 rings (SSSR count). The minimum absolute atomic E-state index is 0.0931. The van der Waals surface area contributed by atoms with E-state index < -0.39 is 0 Å². The molecule has 3 aromatic rings. The molecule has 0 aliphatic carbocycles. The molecule has 2 aromatic carbocycles. The van der Waals surface area contributed by atoms with E-state index in [0.717, 1.165) is 75.9 Å². The summed E-state index contributed by atoms with van der Waals surface area (Å²) >= 11 is 12.6. The molecule has 41 heavy (non-hydrogen) atoms. The number of esters is 1. The normalized spacial score (nSPS) is 14.0. The monoisotopic (exact) mass is 601 g/mol. The van der Waals surface area contributed by atoms with Crippen LogP contribution in [0.1, 0.15) is 58.3 Å². The van der Waals surface area contributed by atoms with Crippen molar-refractivity contribution in [2.24, 2.45) is 0 Å². The van der Waals surface area contributed by atoms with Gasteiger partial charge in [0.2, 0.25) is 0 Å². The summed E-state index contributed by atoms with van der Waals surface area (Å²) in [6, 6.07) is 14.8. The highest BCUT2D eigenvalue weighted by Crippen LogP contribution is 2.33. The second kappa shape index (κ2) is 16.0. The maximum absolute atomic E-state index is 12.6. The second-order valence-corrected chi connectivity index (χ2v) is 11.4. The zero-order valence-corrected chi connectivity index (χ0v) is 25.5. The van der Waals surface area contributed by atoms with Crippen molar-refractivity contribution >= 4 is 45.8 Å². The summed E-state index contributed by atoms with van der Waals surface area (Å²) in [6.45, 7) is 7.48. The summed E-state index contributed by atoms with van der Waals surface area (Å²) in [4.78, 5) is 29.6. The van der Waals surface area contributed by atoms with E-state index in [-0.39, 0.29) is 18.3 Å². The van der Waals surface area contributed by atoms with Crippen LogP contribution < -0.4 is 15.2 Å². The van der Waals surface area contributed by atoms with Crippen LogP contribution in [-0.4, -0.2) is 54.8 Å². The number of anilines is 1. The molecule has 1 fully saturated rings. The number of aromatic nitrogens is 1. The third-order valence-electron chi connectivity index (χ3n) is 7.58. The fourth-order valence-electron chi connectivity index (χ4n) is 5.15. The van der Waals surface area contributed by atoms with Gasteiger partial charge in [-0.15, -0.1) is 0 Å². The molecule has 0 amide bonds. The fourth-order valence-corrected chi connectivity index (χ4v) is 5.56. The van der Waals surface area contributed by atoms with Crippen molar-refractivity contribution in [2.75, 3.05) is 44.2 Å². The maximum Gasteiger partial charge on any atom is 0.307 e. The number of benzene rings is 2. The number of hydrogen-bond acceptors (Lipinski definition) is 6. The molecule has 0 saturated carbocycles. The van der Waals surface area contributed by atoms with Crippen LogP contribution in [0.25, 0.3) is 10.9 Å². The molecule has 1 aliphatic rings. The van der Waals surface area contributed by atoms with Gasteiger partial charge >= 0.3 is 5.97 Å². The van der Waals surface area contributed by atoms with E-state index in [0.29, 0.717) is 34.3 Å². The average molecular weight is 603 g/mol. The zero-order valence-electron chi connectivity index (χ0n) is 24.0. The van der Waals surface area contributed by atoms with Gasteiger partial charge in [0, 0.05) is 44.7 Å². The first-order valence-electron chi connectivity index (χ1n) is 14.8. The Kier molecular flexibility index (Phi) is 12.2. The number of fused-ring (bicyclic) bond motifs is 1. The van der Waals surface area contributed by atoms with Crippen LogP contribution in [0.15, 0.2) is 53.3 Å². The molecule has 0 radical (unpaired) electrons. The first kappa shape index (κ1) is 31.2. The number of carbonyl (C=O) groups excluding carboxylic acids is 1. The van der Waals surface area contributed by atoms with E-state index in [1.807, 2.05) is 36.4 Å². The van der Waals surface area contributed by atoms with Crippen molar-refractivity contribution in [3.8, 4) is 5.75 Å². The molecule has 1 saturated heterocycles. The Labute approximate surface area is 252 Å². The SMILES string of the molecule is CCCCCCCC(=O)OCn1c(=O)ccc2ccc(OCCCCN3CCN(c4cccc(Cl)c4Cl)CC3)cc21. The summed E-state index contributed by atoms with van der Waals surface area (Å²) in [5.74, 6) is 0.429. The molecule has 0 N–H and O–H groups in total. The predicted octanol–water partition coefficient (Wildman–Crippen LogP) is 7.15. The second-order valence-electron chi connectivity index (χ2n) is 10.6. The molecule has 222 valence electrons.